The zero-order valence-corrected chi connectivity index (χ0v) is 23.7. The Hall–Kier alpha value is -2.09. The predicted octanol–water partition coefficient (Wildman–Crippen LogP) is 4.96. The Balaban J connectivity index is 1.40. The number of cyclic esters (lactones) is 1. The van der Waals surface area contributed by atoms with Crippen molar-refractivity contribution in [2.45, 2.75) is 96.2 Å². The zero-order valence-electron chi connectivity index (χ0n) is 23.7. The molecule has 2 N–H and O–H groups in total. The maximum atomic E-state index is 12.5. The quantitative estimate of drug-likeness (QED) is 0.385. The zero-order chi connectivity index (χ0) is 27.3. The van der Waals surface area contributed by atoms with Gasteiger partial charge in [-0.1, -0.05) is 51.7 Å². The number of rotatable bonds is 4. The second-order valence-corrected chi connectivity index (χ2v) is 13.0. The van der Waals surface area contributed by atoms with Gasteiger partial charge >= 0.3 is 5.97 Å². The fourth-order valence-electron chi connectivity index (χ4n) is 8.58. The lowest BCUT2D eigenvalue weighted by Gasteiger charge is -2.50. The molecule has 214 valence electrons. The number of carbonyl (C=O) groups excluding carboxylic acids is 1. The first kappa shape index (κ1) is 27.1. The van der Waals surface area contributed by atoms with Gasteiger partial charge in [0.1, 0.15) is 11.3 Å². The molecule has 39 heavy (non-hydrogen) atoms. The smallest absolute Gasteiger partial charge is 0.345 e. The first-order valence-electron chi connectivity index (χ1n) is 15.2. The highest BCUT2D eigenvalue weighted by Gasteiger charge is 2.53. The van der Waals surface area contributed by atoms with Crippen molar-refractivity contribution in [2.75, 3.05) is 20.3 Å². The van der Waals surface area contributed by atoms with Crippen LogP contribution >= 0.6 is 0 Å². The molecular weight excluding hydrogens is 494 g/mol. The average molecular weight is 540 g/mol. The minimum atomic E-state index is -0.574. The second kappa shape index (κ2) is 10.7. The van der Waals surface area contributed by atoms with E-state index in [0.717, 1.165) is 57.2 Å². The maximum Gasteiger partial charge on any atom is 0.345 e. The first-order valence-corrected chi connectivity index (χ1v) is 15.2. The number of piperidine rings is 1. The number of hydrogen-bond donors (Lipinski definition) is 2. The molecule has 0 aromatic carbocycles. The summed E-state index contributed by atoms with van der Waals surface area (Å²) in [5, 5.41) is 21.6. The van der Waals surface area contributed by atoms with E-state index in [2.05, 4.69) is 37.0 Å². The third kappa shape index (κ3) is 4.68. The van der Waals surface area contributed by atoms with Gasteiger partial charge in [0.25, 0.3) is 0 Å². The van der Waals surface area contributed by atoms with Gasteiger partial charge in [-0.25, -0.2) is 4.79 Å². The molecule has 6 aliphatic rings. The number of ether oxygens (including phenoxy) is 3. The van der Waals surface area contributed by atoms with Crippen molar-refractivity contribution < 1.29 is 29.2 Å². The minimum Gasteiger partial charge on any atom is -0.492 e. The summed E-state index contributed by atoms with van der Waals surface area (Å²) in [5.41, 5.74) is 0.159. The van der Waals surface area contributed by atoms with Gasteiger partial charge < -0.3 is 24.4 Å². The van der Waals surface area contributed by atoms with Crippen LogP contribution in [0.3, 0.4) is 0 Å². The molecule has 4 aliphatic heterocycles. The van der Waals surface area contributed by atoms with Crippen LogP contribution < -0.4 is 0 Å². The van der Waals surface area contributed by atoms with Gasteiger partial charge in [-0.15, -0.1) is 0 Å². The van der Waals surface area contributed by atoms with Crippen molar-refractivity contribution in [3.8, 4) is 0 Å². The van der Waals surface area contributed by atoms with Crippen LogP contribution in [-0.4, -0.2) is 59.5 Å². The van der Waals surface area contributed by atoms with Crippen molar-refractivity contribution in [3.05, 3.63) is 46.8 Å². The van der Waals surface area contributed by atoms with Crippen molar-refractivity contribution in [3.63, 3.8) is 0 Å². The maximum absolute atomic E-state index is 12.5. The molecule has 6 rings (SSSR count). The highest BCUT2D eigenvalue weighted by molar-refractivity contribution is 5.94. The van der Waals surface area contributed by atoms with E-state index in [0.29, 0.717) is 17.4 Å². The highest BCUT2D eigenvalue weighted by atomic mass is 16.6. The molecule has 4 heterocycles. The van der Waals surface area contributed by atoms with Crippen LogP contribution in [0.1, 0.15) is 78.1 Å². The van der Waals surface area contributed by atoms with Crippen LogP contribution in [0.2, 0.25) is 0 Å². The lowest BCUT2D eigenvalue weighted by Crippen LogP contribution is -2.58. The summed E-state index contributed by atoms with van der Waals surface area (Å²) in [6.45, 7) is 4.99. The number of nitrogens with zero attached hydrogens (tertiary/aromatic N) is 1. The largest absolute Gasteiger partial charge is 0.492 e. The van der Waals surface area contributed by atoms with Crippen molar-refractivity contribution >= 4 is 5.97 Å². The second-order valence-electron chi connectivity index (χ2n) is 13.0. The number of allylic oxidation sites excluding steroid dienone is 2. The number of hydrogen-bond acceptors (Lipinski definition) is 7. The SMILES string of the molecule is COC1=C(CO)C(=O)OC1=C1OC2=CC3(CCCCC3)CN3C(C(O)C4C=CCC(C)C4)CCCC3C2C1C. The fourth-order valence-corrected chi connectivity index (χ4v) is 8.58. The van der Waals surface area contributed by atoms with E-state index in [-0.39, 0.29) is 52.7 Å². The summed E-state index contributed by atoms with van der Waals surface area (Å²) in [5.74, 6) is 2.52. The Morgan fingerprint density at radius 1 is 1.15 bits per heavy atom. The van der Waals surface area contributed by atoms with E-state index in [1.165, 1.54) is 26.4 Å². The highest BCUT2D eigenvalue weighted by Crippen LogP contribution is 2.54. The van der Waals surface area contributed by atoms with Gasteiger partial charge in [-0.05, 0) is 50.5 Å². The third-order valence-electron chi connectivity index (χ3n) is 10.5. The molecule has 2 saturated heterocycles. The fraction of sp³-hybridized carbons (Fsp3) is 0.719. The number of fused-ring (bicyclic) bond motifs is 3. The van der Waals surface area contributed by atoms with Crippen LogP contribution in [0.25, 0.3) is 0 Å². The summed E-state index contributed by atoms with van der Waals surface area (Å²) >= 11 is 0. The van der Waals surface area contributed by atoms with Crippen LogP contribution in [0.15, 0.2) is 46.8 Å². The predicted molar refractivity (Wildman–Crippen MR) is 147 cm³/mol. The molecule has 7 unspecified atom stereocenters. The Bertz CT molecular complexity index is 1100. The Labute approximate surface area is 232 Å². The summed E-state index contributed by atoms with van der Waals surface area (Å²) in [4.78, 5) is 15.2. The van der Waals surface area contributed by atoms with E-state index in [9.17, 15) is 15.0 Å². The molecule has 3 fully saturated rings. The standard InChI is InChI=1S/C32H45NO6/c1-19-9-7-10-21(15-19)27(35)24-12-8-11-23-26-20(2)28(30-29(37-3)22(17-34)31(36)39-30)38-25(26)16-32(18-33(23)24)13-5-4-6-14-32/h7,10,16,19-21,23-24,26-27,34-35H,4-6,8-9,11-15,17-18H2,1-3H3. The Morgan fingerprint density at radius 2 is 1.95 bits per heavy atom. The first-order chi connectivity index (χ1) is 18.9. The molecule has 2 aliphatic carbocycles. The molecule has 1 saturated carbocycles. The van der Waals surface area contributed by atoms with Crippen LogP contribution in [0.5, 0.6) is 0 Å². The Kier molecular flexibility index (Phi) is 7.44. The number of methoxy groups -OCH3 is 1. The summed E-state index contributed by atoms with van der Waals surface area (Å²) in [7, 11) is 1.50. The van der Waals surface area contributed by atoms with Gasteiger partial charge in [0, 0.05) is 41.8 Å². The van der Waals surface area contributed by atoms with Gasteiger partial charge in [0.05, 0.1) is 19.8 Å². The van der Waals surface area contributed by atoms with Gasteiger partial charge in [0.2, 0.25) is 5.76 Å². The molecule has 0 amide bonds. The minimum absolute atomic E-state index is 0.0218. The normalized spacial score (nSPS) is 39.0. The lowest BCUT2D eigenvalue weighted by molar-refractivity contribution is -0.133. The molecule has 7 atom stereocenters. The molecule has 7 heteroatoms. The molecule has 1 spiro atoms. The summed E-state index contributed by atoms with van der Waals surface area (Å²) in [6.07, 6.45) is 17.8. The Morgan fingerprint density at radius 3 is 2.67 bits per heavy atom. The van der Waals surface area contributed by atoms with Crippen LogP contribution in [0.4, 0.5) is 0 Å². The van der Waals surface area contributed by atoms with E-state index < -0.39 is 12.6 Å². The monoisotopic (exact) mass is 539 g/mol. The molecule has 7 nitrogen and oxygen atoms in total. The van der Waals surface area contributed by atoms with Crippen molar-refractivity contribution in [2.24, 2.45) is 29.1 Å². The van der Waals surface area contributed by atoms with Crippen molar-refractivity contribution in [1.82, 2.24) is 4.90 Å². The van der Waals surface area contributed by atoms with Gasteiger partial charge in [-0.3, -0.25) is 4.90 Å². The van der Waals surface area contributed by atoms with Gasteiger partial charge in [-0.2, -0.15) is 0 Å². The van der Waals surface area contributed by atoms with E-state index >= 15 is 0 Å². The van der Waals surface area contributed by atoms with E-state index in [4.69, 9.17) is 14.2 Å². The third-order valence-corrected chi connectivity index (χ3v) is 10.5. The van der Waals surface area contributed by atoms with E-state index in [1.807, 2.05) is 0 Å². The van der Waals surface area contributed by atoms with Crippen molar-refractivity contribution in [1.29, 1.82) is 0 Å². The molecule has 0 radical (unpaired) electrons. The summed E-state index contributed by atoms with van der Waals surface area (Å²) in [6, 6.07) is 0.368. The van der Waals surface area contributed by atoms with Crippen LogP contribution in [-0.2, 0) is 19.0 Å². The van der Waals surface area contributed by atoms with Crippen LogP contribution in [0, 0.1) is 29.1 Å². The number of aliphatic hydroxyl groups is 2. The van der Waals surface area contributed by atoms with Gasteiger partial charge in [0.15, 0.2) is 11.5 Å². The molecular formula is C32H45NO6. The number of esters is 1. The topological polar surface area (TPSA) is 88.5 Å². The number of carbonyl (C=O) groups is 1. The lowest BCUT2D eigenvalue weighted by atomic mass is 9.72. The molecule has 0 aromatic rings. The average Bonchev–Trinajstić information content (AvgIpc) is 3.38. The summed E-state index contributed by atoms with van der Waals surface area (Å²) < 4.78 is 17.9. The number of aliphatic hydroxyl groups excluding tert-OH is 2. The van der Waals surface area contributed by atoms with E-state index in [1.54, 1.807) is 0 Å². The molecule has 0 aromatic heterocycles. The molecule has 0 bridgehead atoms.